The van der Waals surface area contributed by atoms with Gasteiger partial charge in [0.15, 0.2) is 0 Å². The van der Waals surface area contributed by atoms with Crippen molar-refractivity contribution in [2.45, 2.75) is 37.7 Å². The van der Waals surface area contributed by atoms with E-state index in [4.69, 9.17) is 4.74 Å². The van der Waals surface area contributed by atoms with Gasteiger partial charge in [-0.15, -0.1) is 0 Å². The topological polar surface area (TPSA) is 58.6 Å². The predicted molar refractivity (Wildman–Crippen MR) is 63.3 cm³/mol. The van der Waals surface area contributed by atoms with Crippen LogP contribution in [0.2, 0.25) is 0 Å². The first kappa shape index (κ1) is 13.4. The van der Waals surface area contributed by atoms with Crippen molar-refractivity contribution in [3.63, 3.8) is 0 Å². The van der Waals surface area contributed by atoms with Crippen molar-refractivity contribution in [1.29, 1.82) is 0 Å². The fourth-order valence-electron chi connectivity index (χ4n) is 1.40. The summed E-state index contributed by atoms with van der Waals surface area (Å²) in [6, 6.07) is -0.385. The Labute approximate surface area is 104 Å². The second-order valence-corrected chi connectivity index (χ2v) is 4.84. The number of rotatable bonds is 5. The number of nitrogens with zero attached hydrogens (tertiary/aromatic N) is 1. The predicted octanol–water partition coefficient (Wildman–Crippen LogP) is 1.46. The molecular formula is C10H17BrN2O3. The van der Waals surface area contributed by atoms with Gasteiger partial charge in [0.05, 0.1) is 0 Å². The summed E-state index contributed by atoms with van der Waals surface area (Å²) in [5.41, 5.74) is 0. The average molecular weight is 293 g/mol. The minimum Gasteiger partial charge on any atom is -0.359 e. The fraction of sp³-hybridized carbons (Fsp3) is 0.800. The van der Waals surface area contributed by atoms with E-state index < -0.39 is 0 Å². The van der Waals surface area contributed by atoms with Crippen LogP contribution in [0.25, 0.3) is 0 Å². The van der Waals surface area contributed by atoms with Crippen LogP contribution in [0, 0.1) is 0 Å². The van der Waals surface area contributed by atoms with Crippen molar-refractivity contribution in [3.8, 4) is 0 Å². The average Bonchev–Trinajstić information content (AvgIpc) is 2.23. The van der Waals surface area contributed by atoms with E-state index in [9.17, 15) is 9.59 Å². The Hall–Kier alpha value is -0.620. The summed E-state index contributed by atoms with van der Waals surface area (Å²) in [4.78, 5) is 23.9. The first-order chi connectivity index (χ1) is 7.56. The van der Waals surface area contributed by atoms with Gasteiger partial charge in [0, 0.05) is 13.2 Å². The van der Waals surface area contributed by atoms with Gasteiger partial charge < -0.3 is 4.74 Å². The molecule has 1 aliphatic rings. The van der Waals surface area contributed by atoms with Gasteiger partial charge in [-0.2, -0.15) is 0 Å². The number of carbonyl (C=O) groups excluding carboxylic acids is 2. The molecule has 3 amide bonds. The minimum atomic E-state index is -0.385. The molecule has 0 aliphatic carbocycles. The maximum atomic E-state index is 11.5. The van der Waals surface area contributed by atoms with E-state index in [1.807, 2.05) is 6.92 Å². The van der Waals surface area contributed by atoms with E-state index in [-0.39, 0.29) is 23.0 Å². The van der Waals surface area contributed by atoms with E-state index in [2.05, 4.69) is 28.2 Å². The molecule has 92 valence electrons. The largest absolute Gasteiger partial charge is 0.359 e. The molecule has 0 bridgehead atoms. The fourth-order valence-corrected chi connectivity index (χ4v) is 1.82. The SMILES string of the molecule is CCCCOC(C)N1CC(Br)C(=O)NC1=O. The molecule has 1 aliphatic heterocycles. The Balaban J connectivity index is 2.45. The smallest absolute Gasteiger partial charge is 0.326 e. The quantitative estimate of drug-likeness (QED) is 0.617. The Kier molecular flexibility index (Phi) is 5.21. The molecule has 1 heterocycles. The first-order valence-corrected chi connectivity index (χ1v) is 6.35. The standard InChI is InChI=1S/C10H17BrN2O3/c1-3-4-5-16-7(2)13-6-8(11)9(14)12-10(13)15/h7-8H,3-6H2,1-2H3,(H,12,14,15). The third-order valence-corrected chi connectivity index (χ3v) is 3.13. The summed E-state index contributed by atoms with van der Waals surface area (Å²) in [6.07, 6.45) is 1.72. The molecule has 16 heavy (non-hydrogen) atoms. The zero-order chi connectivity index (χ0) is 12.1. The number of imide groups is 1. The van der Waals surface area contributed by atoms with Crippen LogP contribution in [0.3, 0.4) is 0 Å². The number of alkyl halides is 1. The summed E-state index contributed by atoms with van der Waals surface area (Å²) < 4.78 is 5.51. The monoisotopic (exact) mass is 292 g/mol. The molecule has 0 spiro atoms. The lowest BCUT2D eigenvalue weighted by atomic mass is 10.3. The Morgan fingerprint density at radius 1 is 1.62 bits per heavy atom. The highest BCUT2D eigenvalue weighted by molar-refractivity contribution is 9.10. The van der Waals surface area contributed by atoms with Gasteiger partial charge in [-0.1, -0.05) is 29.3 Å². The summed E-state index contributed by atoms with van der Waals surface area (Å²) in [5, 5.41) is 2.27. The number of unbranched alkanes of at least 4 members (excludes halogenated alkanes) is 1. The van der Waals surface area contributed by atoms with Crippen LogP contribution in [0.1, 0.15) is 26.7 Å². The molecule has 0 aromatic rings. The molecule has 0 radical (unpaired) electrons. The van der Waals surface area contributed by atoms with E-state index in [0.717, 1.165) is 12.8 Å². The third-order valence-electron chi connectivity index (χ3n) is 2.43. The van der Waals surface area contributed by atoms with Crippen molar-refractivity contribution < 1.29 is 14.3 Å². The van der Waals surface area contributed by atoms with Crippen LogP contribution in [0.4, 0.5) is 4.79 Å². The van der Waals surface area contributed by atoms with Crippen LogP contribution in [0.15, 0.2) is 0 Å². The summed E-state index contributed by atoms with van der Waals surface area (Å²) >= 11 is 3.21. The highest BCUT2D eigenvalue weighted by Gasteiger charge is 2.33. The number of urea groups is 1. The van der Waals surface area contributed by atoms with Crippen LogP contribution in [-0.4, -0.2) is 41.0 Å². The molecule has 2 atom stereocenters. The van der Waals surface area contributed by atoms with Gasteiger partial charge in [-0.3, -0.25) is 15.0 Å². The molecular weight excluding hydrogens is 276 g/mol. The second kappa shape index (κ2) is 6.20. The van der Waals surface area contributed by atoms with E-state index in [0.29, 0.717) is 13.2 Å². The maximum Gasteiger partial charge on any atom is 0.326 e. The van der Waals surface area contributed by atoms with Gasteiger partial charge in [0.1, 0.15) is 11.1 Å². The Bertz CT molecular complexity index is 273. The van der Waals surface area contributed by atoms with Crippen LogP contribution in [-0.2, 0) is 9.53 Å². The molecule has 1 N–H and O–H groups in total. The molecule has 1 saturated heterocycles. The number of hydrogen-bond acceptors (Lipinski definition) is 3. The Morgan fingerprint density at radius 2 is 2.31 bits per heavy atom. The second-order valence-electron chi connectivity index (χ2n) is 3.74. The number of nitrogens with one attached hydrogen (secondary N) is 1. The molecule has 0 aromatic heterocycles. The molecule has 6 heteroatoms. The lowest BCUT2D eigenvalue weighted by Crippen LogP contribution is -2.58. The van der Waals surface area contributed by atoms with Crippen LogP contribution >= 0.6 is 15.9 Å². The normalized spacial score (nSPS) is 23.2. The van der Waals surface area contributed by atoms with Gasteiger partial charge in [-0.05, 0) is 13.3 Å². The molecule has 2 unspecified atom stereocenters. The number of amides is 3. The molecule has 1 fully saturated rings. The summed E-state index contributed by atoms with van der Waals surface area (Å²) in [5.74, 6) is -0.290. The van der Waals surface area contributed by atoms with E-state index >= 15 is 0 Å². The molecule has 5 nitrogen and oxygen atoms in total. The molecule has 0 aromatic carbocycles. The van der Waals surface area contributed by atoms with Gasteiger partial charge in [0.25, 0.3) is 0 Å². The number of hydrogen-bond donors (Lipinski definition) is 1. The van der Waals surface area contributed by atoms with Gasteiger partial charge in [0.2, 0.25) is 5.91 Å². The van der Waals surface area contributed by atoms with Gasteiger partial charge in [-0.25, -0.2) is 4.79 Å². The lowest BCUT2D eigenvalue weighted by molar-refractivity contribution is -0.122. The minimum absolute atomic E-state index is 0.290. The number of ether oxygens (including phenoxy) is 1. The lowest BCUT2D eigenvalue weighted by Gasteiger charge is -2.33. The van der Waals surface area contributed by atoms with Crippen molar-refractivity contribution in [2.24, 2.45) is 0 Å². The Morgan fingerprint density at radius 3 is 2.94 bits per heavy atom. The zero-order valence-corrected chi connectivity index (χ0v) is 11.1. The summed E-state index contributed by atoms with van der Waals surface area (Å²) in [7, 11) is 0. The number of halogens is 1. The maximum absolute atomic E-state index is 11.5. The van der Waals surface area contributed by atoms with Crippen molar-refractivity contribution in [1.82, 2.24) is 10.2 Å². The van der Waals surface area contributed by atoms with Crippen LogP contribution in [0.5, 0.6) is 0 Å². The number of carbonyl (C=O) groups is 2. The molecule has 1 rings (SSSR count). The highest BCUT2D eigenvalue weighted by atomic mass is 79.9. The highest BCUT2D eigenvalue weighted by Crippen LogP contribution is 2.13. The van der Waals surface area contributed by atoms with Crippen molar-refractivity contribution in [2.75, 3.05) is 13.2 Å². The van der Waals surface area contributed by atoms with Crippen molar-refractivity contribution >= 4 is 27.9 Å². The first-order valence-electron chi connectivity index (χ1n) is 5.43. The summed E-state index contributed by atoms with van der Waals surface area (Å²) in [6.45, 7) is 4.86. The van der Waals surface area contributed by atoms with E-state index in [1.165, 1.54) is 4.90 Å². The van der Waals surface area contributed by atoms with E-state index in [1.54, 1.807) is 0 Å². The van der Waals surface area contributed by atoms with Crippen LogP contribution < -0.4 is 5.32 Å². The molecule has 0 saturated carbocycles. The van der Waals surface area contributed by atoms with Gasteiger partial charge >= 0.3 is 6.03 Å². The van der Waals surface area contributed by atoms with Crippen molar-refractivity contribution in [3.05, 3.63) is 0 Å². The third kappa shape index (κ3) is 3.45. The zero-order valence-electron chi connectivity index (χ0n) is 9.53.